The molecule has 1 heterocycles. The van der Waals surface area contributed by atoms with E-state index in [0.717, 1.165) is 0 Å². The van der Waals surface area contributed by atoms with Gasteiger partial charge in [0.15, 0.2) is 0 Å². The monoisotopic (exact) mass is 517 g/mol. The van der Waals surface area contributed by atoms with Crippen LogP contribution in [0, 0.1) is 0 Å². The van der Waals surface area contributed by atoms with E-state index in [2.05, 4.69) is 5.32 Å². The highest BCUT2D eigenvalue weighted by Crippen LogP contribution is 2.12. The largest absolute Gasteiger partial charge is 0.480 e. The molecule has 3 unspecified atom stereocenters. The van der Waals surface area contributed by atoms with Crippen molar-refractivity contribution in [1.82, 2.24) is 20.0 Å². The van der Waals surface area contributed by atoms with Crippen LogP contribution >= 0.6 is 0 Å². The zero-order valence-corrected chi connectivity index (χ0v) is 19.9. The molecule has 10 N–H and O–H groups in total. The summed E-state index contributed by atoms with van der Waals surface area (Å²) in [5, 5.41) is 32.0. The number of hydrogen-bond acceptors (Lipinski definition) is 10. The topological polar surface area (TPSA) is 263 Å². The number of primary amides is 3. The second-order valence-corrected chi connectivity index (χ2v) is 8.43. The Kier molecular flexibility index (Phi) is 12.7. The van der Waals surface area contributed by atoms with Gasteiger partial charge >= 0.3 is 17.9 Å². The quantitative estimate of drug-likeness (QED) is 0.129. The van der Waals surface area contributed by atoms with Crippen molar-refractivity contribution in [2.45, 2.75) is 37.4 Å². The molecular formula is C20H35N7O9. The number of carboxylic acid groups (broad SMARTS) is 3. The molecule has 16 heteroatoms. The fourth-order valence-electron chi connectivity index (χ4n) is 4.04. The number of nitrogens with one attached hydrogen (secondary N) is 1. The Hall–Kier alpha value is -3.34. The Labute approximate surface area is 207 Å². The van der Waals surface area contributed by atoms with Gasteiger partial charge in [0.25, 0.3) is 0 Å². The summed E-state index contributed by atoms with van der Waals surface area (Å²) < 4.78 is 0. The number of nitrogens with two attached hydrogens (primary N) is 3. The molecule has 0 aromatic rings. The minimum absolute atomic E-state index is 0.00187. The van der Waals surface area contributed by atoms with Crippen molar-refractivity contribution in [2.75, 3.05) is 52.4 Å². The zero-order chi connectivity index (χ0) is 27.4. The van der Waals surface area contributed by atoms with Gasteiger partial charge in [-0.25, -0.2) is 0 Å². The first-order chi connectivity index (χ1) is 16.8. The average molecular weight is 518 g/mol. The third kappa shape index (κ3) is 10.5. The Morgan fingerprint density at radius 1 is 0.556 bits per heavy atom. The molecule has 0 bridgehead atoms. The Bertz CT molecular complexity index is 777. The predicted molar refractivity (Wildman–Crippen MR) is 123 cm³/mol. The molecule has 1 aliphatic rings. The lowest BCUT2D eigenvalue weighted by atomic mass is 10.1. The van der Waals surface area contributed by atoms with Crippen LogP contribution in [0.5, 0.6) is 0 Å². The van der Waals surface area contributed by atoms with E-state index < -0.39 is 73.0 Å². The van der Waals surface area contributed by atoms with Gasteiger partial charge in [0.2, 0.25) is 17.7 Å². The van der Waals surface area contributed by atoms with Gasteiger partial charge in [-0.15, -0.1) is 0 Å². The van der Waals surface area contributed by atoms with Crippen LogP contribution < -0.4 is 22.5 Å². The molecule has 1 saturated heterocycles. The highest BCUT2D eigenvalue weighted by atomic mass is 16.4. The van der Waals surface area contributed by atoms with Crippen LogP contribution in [0.15, 0.2) is 0 Å². The van der Waals surface area contributed by atoms with Crippen LogP contribution in [0.4, 0.5) is 0 Å². The summed E-state index contributed by atoms with van der Waals surface area (Å²) in [4.78, 5) is 74.3. The smallest absolute Gasteiger partial charge is 0.321 e. The molecular weight excluding hydrogens is 482 g/mol. The summed E-state index contributed by atoms with van der Waals surface area (Å²) in [6.45, 7) is 0.713. The fraction of sp³-hybridized carbons (Fsp3) is 0.700. The van der Waals surface area contributed by atoms with E-state index in [1.807, 2.05) is 0 Å². The van der Waals surface area contributed by atoms with Crippen molar-refractivity contribution >= 4 is 35.6 Å². The maximum absolute atomic E-state index is 12.0. The van der Waals surface area contributed by atoms with E-state index in [4.69, 9.17) is 17.2 Å². The summed E-state index contributed by atoms with van der Waals surface area (Å²) in [5.74, 6) is -6.41. The molecule has 0 radical (unpaired) electrons. The molecule has 0 aromatic heterocycles. The maximum Gasteiger partial charge on any atom is 0.321 e. The number of carboxylic acids is 3. The molecule has 204 valence electrons. The van der Waals surface area contributed by atoms with Gasteiger partial charge in [-0.1, -0.05) is 0 Å². The lowest BCUT2D eigenvalue weighted by Crippen LogP contribution is -2.55. The molecule has 0 saturated carbocycles. The minimum atomic E-state index is -1.37. The third-order valence-electron chi connectivity index (χ3n) is 5.86. The predicted octanol–water partition coefficient (Wildman–Crippen LogP) is -4.52. The van der Waals surface area contributed by atoms with Crippen LogP contribution in [0.2, 0.25) is 0 Å². The number of rotatable bonds is 12. The number of aliphatic carboxylic acids is 3. The number of hydrogen-bond donors (Lipinski definition) is 7. The van der Waals surface area contributed by atoms with Crippen molar-refractivity contribution in [3.63, 3.8) is 0 Å². The van der Waals surface area contributed by atoms with E-state index >= 15 is 0 Å². The maximum atomic E-state index is 12.0. The summed E-state index contributed by atoms with van der Waals surface area (Å²) in [6, 6.07) is -3.87. The van der Waals surface area contributed by atoms with Crippen LogP contribution in [-0.2, 0) is 28.8 Å². The van der Waals surface area contributed by atoms with Crippen molar-refractivity contribution in [1.29, 1.82) is 0 Å². The summed E-state index contributed by atoms with van der Waals surface area (Å²) in [7, 11) is 0. The third-order valence-corrected chi connectivity index (χ3v) is 5.86. The normalized spacial score (nSPS) is 19.7. The van der Waals surface area contributed by atoms with Crippen molar-refractivity contribution < 1.29 is 44.1 Å². The van der Waals surface area contributed by atoms with Gasteiger partial charge in [0.1, 0.15) is 18.1 Å². The molecule has 1 fully saturated rings. The Balaban J connectivity index is 3.28. The second-order valence-electron chi connectivity index (χ2n) is 8.43. The average Bonchev–Trinajstić information content (AvgIpc) is 2.74. The zero-order valence-electron chi connectivity index (χ0n) is 19.9. The first kappa shape index (κ1) is 30.7. The highest BCUT2D eigenvalue weighted by molar-refractivity contribution is 5.84. The molecule has 3 atom stereocenters. The molecule has 1 rings (SSSR count). The van der Waals surface area contributed by atoms with Crippen molar-refractivity contribution in [3.8, 4) is 0 Å². The molecule has 3 amide bonds. The van der Waals surface area contributed by atoms with E-state index in [1.165, 1.54) is 14.7 Å². The minimum Gasteiger partial charge on any atom is -0.480 e. The number of nitrogens with zero attached hydrogens (tertiary/aromatic N) is 3. The molecule has 0 spiro atoms. The molecule has 0 aromatic carbocycles. The van der Waals surface area contributed by atoms with Gasteiger partial charge in [0.05, 0.1) is 19.3 Å². The van der Waals surface area contributed by atoms with Crippen LogP contribution in [0.3, 0.4) is 0 Å². The summed E-state index contributed by atoms with van der Waals surface area (Å²) in [5.41, 5.74) is 15.7. The summed E-state index contributed by atoms with van der Waals surface area (Å²) >= 11 is 0. The van der Waals surface area contributed by atoms with Crippen LogP contribution in [0.25, 0.3) is 0 Å². The van der Waals surface area contributed by atoms with Gasteiger partial charge < -0.3 is 37.8 Å². The molecule has 36 heavy (non-hydrogen) atoms. The SMILES string of the molecule is NC(=O)CC(C(=O)O)N1CCNCCN(C(CC(N)=O)C(=O)O)CCN(C(CC(N)=O)C(=O)O)CC1. The molecule has 1 aliphatic heterocycles. The van der Waals surface area contributed by atoms with Crippen molar-refractivity contribution in [2.24, 2.45) is 17.2 Å². The first-order valence-electron chi connectivity index (χ1n) is 11.3. The van der Waals surface area contributed by atoms with Crippen molar-refractivity contribution in [3.05, 3.63) is 0 Å². The standard InChI is InChI=1S/C20H35N7O9/c21-15(28)9-12(18(31)32)25-3-1-24-2-4-26(13(19(33)34)10-16(22)29)6-8-27(7-5-25)14(20(35)36)11-17(23)30/h12-14,24H,1-11H2,(H2,21,28)(H2,22,29)(H2,23,30)(H,31,32)(H,33,34)(H,35,36). The highest BCUT2D eigenvalue weighted by Gasteiger charge is 2.33. The lowest BCUT2D eigenvalue weighted by molar-refractivity contribution is -0.148. The Morgan fingerprint density at radius 3 is 1.03 bits per heavy atom. The molecule has 16 nitrogen and oxygen atoms in total. The van der Waals surface area contributed by atoms with Crippen LogP contribution in [-0.4, -0.2) is 136 Å². The number of carbonyl (C=O) groups is 6. The van der Waals surface area contributed by atoms with Gasteiger partial charge in [-0.05, 0) is 0 Å². The molecule has 0 aliphatic carbocycles. The van der Waals surface area contributed by atoms with Crippen LogP contribution in [0.1, 0.15) is 19.3 Å². The van der Waals surface area contributed by atoms with Gasteiger partial charge in [-0.2, -0.15) is 0 Å². The Morgan fingerprint density at radius 2 is 0.806 bits per heavy atom. The van der Waals surface area contributed by atoms with E-state index in [0.29, 0.717) is 0 Å². The second kappa shape index (κ2) is 14.9. The fourth-order valence-corrected chi connectivity index (χ4v) is 4.04. The number of amides is 3. The van der Waals surface area contributed by atoms with E-state index in [1.54, 1.807) is 0 Å². The lowest BCUT2D eigenvalue weighted by Gasteiger charge is -2.36. The number of carbonyl (C=O) groups excluding carboxylic acids is 3. The van der Waals surface area contributed by atoms with Gasteiger partial charge in [-0.3, -0.25) is 43.5 Å². The van der Waals surface area contributed by atoms with E-state index in [-0.39, 0.29) is 52.4 Å². The first-order valence-corrected chi connectivity index (χ1v) is 11.3. The van der Waals surface area contributed by atoms with Gasteiger partial charge in [0, 0.05) is 52.4 Å². The van der Waals surface area contributed by atoms with E-state index in [9.17, 15) is 44.1 Å². The summed E-state index contributed by atoms with van der Waals surface area (Å²) in [6.07, 6.45) is -1.45.